The third-order valence-electron chi connectivity index (χ3n) is 4.06. The van der Waals surface area contributed by atoms with E-state index in [-0.39, 0.29) is 11.1 Å². The number of hydrogen-bond acceptors (Lipinski definition) is 3. The zero-order valence-electron chi connectivity index (χ0n) is 14.4. The van der Waals surface area contributed by atoms with Gasteiger partial charge in [-0.15, -0.1) is 0 Å². The molecule has 0 atom stereocenters. The third-order valence-corrected chi connectivity index (χ3v) is 4.06. The number of piperidine rings is 1. The molecule has 5 heteroatoms. The van der Waals surface area contributed by atoms with Gasteiger partial charge in [0.1, 0.15) is 0 Å². The first kappa shape index (κ1) is 17.5. The highest BCUT2D eigenvalue weighted by Gasteiger charge is 2.37. The van der Waals surface area contributed by atoms with Crippen molar-refractivity contribution in [3.05, 3.63) is 30.3 Å². The molecule has 0 radical (unpaired) electrons. The van der Waals surface area contributed by atoms with E-state index >= 15 is 0 Å². The number of hydrogen-bond donors (Lipinski definition) is 3. The Balaban J connectivity index is 1.85. The van der Waals surface area contributed by atoms with Crippen molar-refractivity contribution >= 4 is 17.5 Å². The van der Waals surface area contributed by atoms with E-state index in [1.807, 2.05) is 18.2 Å². The average Bonchev–Trinajstić information content (AvgIpc) is 2.42. The minimum absolute atomic E-state index is 0.0312. The summed E-state index contributed by atoms with van der Waals surface area (Å²) in [6, 6.07) is 8.99. The molecule has 126 valence electrons. The van der Waals surface area contributed by atoms with Crippen LogP contribution in [0.1, 0.15) is 40.5 Å². The molecule has 0 aliphatic carbocycles. The van der Waals surface area contributed by atoms with Gasteiger partial charge in [-0.1, -0.05) is 18.2 Å². The van der Waals surface area contributed by atoms with Crippen LogP contribution < -0.4 is 16.0 Å². The zero-order chi connectivity index (χ0) is 17.1. The lowest BCUT2D eigenvalue weighted by atomic mass is 9.76. The smallest absolute Gasteiger partial charge is 0.313 e. The van der Waals surface area contributed by atoms with Gasteiger partial charge in [0.25, 0.3) is 0 Å². The van der Waals surface area contributed by atoms with E-state index in [2.05, 4.69) is 43.6 Å². The first-order chi connectivity index (χ1) is 10.7. The van der Waals surface area contributed by atoms with Crippen molar-refractivity contribution in [2.75, 3.05) is 11.9 Å². The Bertz CT molecular complexity index is 551. The van der Waals surface area contributed by atoms with Crippen molar-refractivity contribution in [2.45, 2.75) is 51.6 Å². The van der Waals surface area contributed by atoms with Crippen molar-refractivity contribution in [3.63, 3.8) is 0 Å². The molecule has 0 unspecified atom stereocenters. The van der Waals surface area contributed by atoms with Gasteiger partial charge in [0, 0.05) is 23.3 Å². The van der Waals surface area contributed by atoms with Crippen molar-refractivity contribution in [2.24, 2.45) is 5.92 Å². The van der Waals surface area contributed by atoms with Gasteiger partial charge in [0.05, 0.1) is 0 Å². The monoisotopic (exact) mass is 317 g/mol. The molecule has 0 aromatic heterocycles. The fraction of sp³-hybridized carbons (Fsp3) is 0.556. The highest BCUT2D eigenvalue weighted by Crippen LogP contribution is 2.32. The molecule has 1 aliphatic rings. The number of para-hydroxylation sites is 1. The molecule has 0 bridgehead atoms. The predicted molar refractivity (Wildman–Crippen MR) is 92.1 cm³/mol. The van der Waals surface area contributed by atoms with E-state index in [0.717, 1.165) is 12.8 Å². The number of benzene rings is 1. The normalized spacial score (nSPS) is 19.8. The molecule has 2 amide bonds. The summed E-state index contributed by atoms with van der Waals surface area (Å²) < 4.78 is 0. The van der Waals surface area contributed by atoms with E-state index in [4.69, 9.17) is 0 Å². The molecule has 5 nitrogen and oxygen atoms in total. The Morgan fingerprint density at radius 1 is 1.04 bits per heavy atom. The summed E-state index contributed by atoms with van der Waals surface area (Å²) >= 11 is 0. The van der Waals surface area contributed by atoms with Crippen LogP contribution in [0.3, 0.4) is 0 Å². The fourth-order valence-corrected chi connectivity index (χ4v) is 3.70. The maximum absolute atomic E-state index is 12.0. The molecular weight excluding hydrogens is 290 g/mol. The predicted octanol–water partition coefficient (Wildman–Crippen LogP) is 2.30. The molecule has 1 aromatic carbocycles. The molecule has 1 saturated heterocycles. The van der Waals surface area contributed by atoms with E-state index in [0.29, 0.717) is 18.2 Å². The van der Waals surface area contributed by atoms with E-state index < -0.39 is 11.8 Å². The summed E-state index contributed by atoms with van der Waals surface area (Å²) in [5, 5.41) is 8.98. The zero-order valence-corrected chi connectivity index (χ0v) is 14.4. The van der Waals surface area contributed by atoms with Gasteiger partial charge in [-0.2, -0.15) is 0 Å². The van der Waals surface area contributed by atoms with Crippen molar-refractivity contribution < 1.29 is 9.59 Å². The summed E-state index contributed by atoms with van der Waals surface area (Å²) in [4.78, 5) is 23.9. The molecule has 0 saturated carbocycles. The van der Waals surface area contributed by atoms with Crippen molar-refractivity contribution in [1.29, 1.82) is 0 Å². The highest BCUT2D eigenvalue weighted by atomic mass is 16.2. The second kappa shape index (κ2) is 6.71. The number of nitrogens with one attached hydrogen (secondary N) is 3. The van der Waals surface area contributed by atoms with Crippen LogP contribution in [0.2, 0.25) is 0 Å². The summed E-state index contributed by atoms with van der Waals surface area (Å²) in [5.74, 6) is -0.846. The van der Waals surface area contributed by atoms with E-state index in [9.17, 15) is 9.59 Å². The summed E-state index contributed by atoms with van der Waals surface area (Å²) in [6.45, 7) is 9.21. The lowest BCUT2D eigenvalue weighted by Crippen LogP contribution is -2.59. The maximum Gasteiger partial charge on any atom is 0.313 e. The minimum Gasteiger partial charge on any atom is -0.348 e. The molecule has 1 aliphatic heterocycles. The maximum atomic E-state index is 12.0. The fourth-order valence-electron chi connectivity index (χ4n) is 3.70. The summed E-state index contributed by atoms with van der Waals surface area (Å²) in [5.41, 5.74) is 0.684. The van der Waals surface area contributed by atoms with Crippen LogP contribution in [0, 0.1) is 5.92 Å². The van der Waals surface area contributed by atoms with Crippen LogP contribution in [0.25, 0.3) is 0 Å². The van der Waals surface area contributed by atoms with Gasteiger partial charge in [0.15, 0.2) is 0 Å². The standard InChI is InChI=1S/C18H27N3O2/c1-17(2)10-13(11-18(3,4)21-17)12-19-15(22)16(23)20-14-8-6-5-7-9-14/h5-9,13,21H,10-12H2,1-4H3,(H,19,22)(H,20,23). The SMILES string of the molecule is CC1(C)CC(CNC(=O)C(=O)Nc2ccccc2)CC(C)(C)N1. The van der Waals surface area contributed by atoms with Crippen molar-refractivity contribution in [3.8, 4) is 0 Å². The van der Waals surface area contributed by atoms with E-state index in [1.54, 1.807) is 12.1 Å². The van der Waals surface area contributed by atoms with Crippen LogP contribution in [0.4, 0.5) is 5.69 Å². The minimum atomic E-state index is -0.622. The number of carbonyl (C=O) groups excluding carboxylic acids is 2. The Morgan fingerprint density at radius 2 is 1.61 bits per heavy atom. The lowest BCUT2D eigenvalue weighted by Gasteiger charge is -2.46. The Kier molecular flexibility index (Phi) is 5.09. The second-order valence-corrected chi connectivity index (χ2v) is 7.70. The Hall–Kier alpha value is -1.88. The van der Waals surface area contributed by atoms with Crippen LogP contribution in [0.15, 0.2) is 30.3 Å². The molecule has 3 N–H and O–H groups in total. The average molecular weight is 317 g/mol. The molecular formula is C18H27N3O2. The number of anilines is 1. The second-order valence-electron chi connectivity index (χ2n) is 7.70. The van der Waals surface area contributed by atoms with Gasteiger partial charge in [-0.3, -0.25) is 9.59 Å². The Morgan fingerprint density at radius 3 is 2.17 bits per heavy atom. The lowest BCUT2D eigenvalue weighted by molar-refractivity contribution is -0.136. The first-order valence-electron chi connectivity index (χ1n) is 8.10. The van der Waals surface area contributed by atoms with Crippen LogP contribution in [-0.4, -0.2) is 29.4 Å². The van der Waals surface area contributed by atoms with Gasteiger partial charge in [-0.05, 0) is 58.6 Å². The van der Waals surface area contributed by atoms with Crippen LogP contribution in [-0.2, 0) is 9.59 Å². The molecule has 1 heterocycles. The molecule has 1 aromatic rings. The third kappa shape index (κ3) is 5.36. The van der Waals surface area contributed by atoms with Gasteiger partial charge in [-0.25, -0.2) is 0 Å². The molecule has 2 rings (SSSR count). The Labute approximate surface area is 138 Å². The molecule has 0 spiro atoms. The number of amides is 2. The van der Waals surface area contributed by atoms with Crippen molar-refractivity contribution in [1.82, 2.24) is 10.6 Å². The van der Waals surface area contributed by atoms with Crippen LogP contribution in [0.5, 0.6) is 0 Å². The quantitative estimate of drug-likeness (QED) is 0.749. The topological polar surface area (TPSA) is 70.2 Å². The largest absolute Gasteiger partial charge is 0.348 e. The molecule has 23 heavy (non-hydrogen) atoms. The summed E-state index contributed by atoms with van der Waals surface area (Å²) in [6.07, 6.45) is 1.94. The van der Waals surface area contributed by atoms with Gasteiger partial charge >= 0.3 is 11.8 Å². The first-order valence-corrected chi connectivity index (χ1v) is 8.10. The number of rotatable bonds is 3. The van der Waals surface area contributed by atoms with Crippen LogP contribution >= 0.6 is 0 Å². The van der Waals surface area contributed by atoms with Gasteiger partial charge < -0.3 is 16.0 Å². The number of carbonyl (C=O) groups is 2. The van der Waals surface area contributed by atoms with Gasteiger partial charge in [0.2, 0.25) is 0 Å². The van der Waals surface area contributed by atoms with E-state index in [1.165, 1.54) is 0 Å². The molecule has 1 fully saturated rings. The highest BCUT2D eigenvalue weighted by molar-refractivity contribution is 6.39. The summed E-state index contributed by atoms with van der Waals surface area (Å²) in [7, 11) is 0.